The second-order valence-corrected chi connectivity index (χ2v) is 4.67. The van der Waals surface area contributed by atoms with E-state index >= 15 is 0 Å². The first-order chi connectivity index (χ1) is 6.83. The van der Waals surface area contributed by atoms with Gasteiger partial charge in [0.1, 0.15) is 0 Å². The van der Waals surface area contributed by atoms with E-state index in [0.29, 0.717) is 6.61 Å². The fraction of sp³-hybridized carbons (Fsp3) is 1.00. The molecule has 0 amide bonds. The van der Waals surface area contributed by atoms with Crippen molar-refractivity contribution >= 4 is 0 Å². The van der Waals surface area contributed by atoms with Crippen LogP contribution in [0.2, 0.25) is 0 Å². The molecule has 0 atom stereocenters. The van der Waals surface area contributed by atoms with Crippen LogP contribution in [0.3, 0.4) is 0 Å². The second kappa shape index (κ2) is 7.24. The molecule has 2 nitrogen and oxygen atoms in total. The molecule has 0 aromatic rings. The molecule has 0 aliphatic carbocycles. The van der Waals surface area contributed by atoms with E-state index in [-0.39, 0.29) is 0 Å². The third-order valence-corrected chi connectivity index (χ3v) is 3.34. The Morgan fingerprint density at radius 1 is 1.07 bits per heavy atom. The highest BCUT2D eigenvalue weighted by molar-refractivity contribution is 4.64. The van der Waals surface area contributed by atoms with Gasteiger partial charge in [-0.15, -0.1) is 0 Å². The summed E-state index contributed by atoms with van der Waals surface area (Å²) in [6.45, 7) is 2.89. The van der Waals surface area contributed by atoms with Crippen molar-refractivity contribution in [3.8, 4) is 0 Å². The van der Waals surface area contributed by atoms with E-state index in [2.05, 4.69) is 11.9 Å². The molecule has 2 heteroatoms. The van der Waals surface area contributed by atoms with Crippen LogP contribution in [0.4, 0.5) is 0 Å². The number of hydrogen-bond acceptors (Lipinski definition) is 2. The number of nitrogens with zero attached hydrogens (tertiary/aromatic N) is 1. The van der Waals surface area contributed by atoms with Gasteiger partial charge in [0.05, 0.1) is 0 Å². The lowest BCUT2D eigenvalue weighted by atomic mass is 9.92. The highest BCUT2D eigenvalue weighted by Gasteiger charge is 2.10. The molecule has 0 aromatic carbocycles. The Morgan fingerprint density at radius 3 is 2.14 bits per heavy atom. The fourth-order valence-electron chi connectivity index (χ4n) is 2.36. The minimum Gasteiger partial charge on any atom is -0.396 e. The summed E-state index contributed by atoms with van der Waals surface area (Å²) in [6.07, 6.45) is 9.03. The van der Waals surface area contributed by atoms with Gasteiger partial charge in [0, 0.05) is 6.61 Å². The maximum absolute atomic E-state index is 8.94. The normalized spacial score (nSPS) is 23.6. The summed E-state index contributed by atoms with van der Waals surface area (Å²) in [4.78, 5) is 2.45. The van der Waals surface area contributed by atoms with Gasteiger partial charge in [0.15, 0.2) is 0 Å². The van der Waals surface area contributed by atoms with E-state index < -0.39 is 0 Å². The van der Waals surface area contributed by atoms with Crippen molar-refractivity contribution in [2.45, 2.75) is 44.9 Å². The summed E-state index contributed by atoms with van der Waals surface area (Å²) >= 11 is 0. The molecule has 84 valence electrons. The van der Waals surface area contributed by atoms with Gasteiger partial charge in [-0.1, -0.05) is 25.7 Å². The molecule has 1 aliphatic heterocycles. The summed E-state index contributed by atoms with van der Waals surface area (Å²) in [6, 6.07) is 0. The van der Waals surface area contributed by atoms with E-state index in [0.717, 1.165) is 12.3 Å². The first-order valence-corrected chi connectivity index (χ1v) is 6.12. The Hall–Kier alpha value is -0.0800. The minimum absolute atomic E-state index is 0.380. The third kappa shape index (κ3) is 4.97. The monoisotopic (exact) mass is 199 g/mol. The summed E-state index contributed by atoms with van der Waals surface area (Å²) in [5, 5.41) is 8.94. The van der Waals surface area contributed by atoms with Gasteiger partial charge in [-0.2, -0.15) is 0 Å². The van der Waals surface area contributed by atoms with Crippen LogP contribution in [0.25, 0.3) is 0 Å². The predicted molar refractivity (Wildman–Crippen MR) is 60.4 cm³/mol. The largest absolute Gasteiger partial charge is 0.396 e. The average Bonchev–Trinajstić information content (AvgIpc) is 2.19. The van der Waals surface area contributed by atoms with Crippen molar-refractivity contribution in [3.63, 3.8) is 0 Å². The molecule has 0 bridgehead atoms. The van der Waals surface area contributed by atoms with Crippen LogP contribution in [0.1, 0.15) is 44.9 Å². The lowest BCUT2D eigenvalue weighted by molar-refractivity contribution is 0.230. The second-order valence-electron chi connectivity index (χ2n) is 4.67. The number of aliphatic hydroxyl groups is 1. The standard InChI is InChI=1S/C12H25NO/c1-13-9-4-2-6-12(8-11-14)7-3-5-10-13/h12,14H,2-11H2,1H3. The van der Waals surface area contributed by atoms with Crippen LogP contribution in [-0.4, -0.2) is 36.8 Å². The molecule has 0 spiro atoms. The Balaban J connectivity index is 2.24. The molecule has 1 heterocycles. The van der Waals surface area contributed by atoms with Crippen molar-refractivity contribution in [2.75, 3.05) is 26.7 Å². The van der Waals surface area contributed by atoms with E-state index in [1.807, 2.05) is 0 Å². The van der Waals surface area contributed by atoms with Crippen molar-refractivity contribution in [1.82, 2.24) is 4.90 Å². The maximum atomic E-state index is 8.94. The molecule has 1 fully saturated rings. The quantitative estimate of drug-likeness (QED) is 0.737. The summed E-state index contributed by atoms with van der Waals surface area (Å²) < 4.78 is 0. The average molecular weight is 199 g/mol. The number of hydrogen-bond donors (Lipinski definition) is 1. The third-order valence-electron chi connectivity index (χ3n) is 3.34. The van der Waals surface area contributed by atoms with Crippen molar-refractivity contribution < 1.29 is 5.11 Å². The lowest BCUT2D eigenvalue weighted by Gasteiger charge is -2.21. The highest BCUT2D eigenvalue weighted by atomic mass is 16.3. The number of aliphatic hydroxyl groups excluding tert-OH is 1. The van der Waals surface area contributed by atoms with Crippen LogP contribution < -0.4 is 0 Å². The molecular weight excluding hydrogens is 174 g/mol. The molecule has 1 N–H and O–H groups in total. The van der Waals surface area contributed by atoms with Gasteiger partial charge >= 0.3 is 0 Å². The molecule has 0 saturated carbocycles. The Kier molecular flexibility index (Phi) is 6.20. The first-order valence-electron chi connectivity index (χ1n) is 6.12. The fourth-order valence-corrected chi connectivity index (χ4v) is 2.36. The van der Waals surface area contributed by atoms with Crippen LogP contribution in [0.15, 0.2) is 0 Å². The Labute approximate surface area is 88.3 Å². The smallest absolute Gasteiger partial charge is 0.0433 e. The molecule has 0 unspecified atom stereocenters. The first kappa shape index (κ1) is 12.0. The van der Waals surface area contributed by atoms with Gasteiger partial charge < -0.3 is 10.0 Å². The van der Waals surface area contributed by atoms with E-state index in [1.54, 1.807) is 0 Å². The summed E-state index contributed by atoms with van der Waals surface area (Å²) in [5.74, 6) is 0.795. The topological polar surface area (TPSA) is 23.5 Å². The van der Waals surface area contributed by atoms with Gasteiger partial charge in [-0.05, 0) is 45.3 Å². The van der Waals surface area contributed by atoms with Crippen LogP contribution in [0.5, 0.6) is 0 Å². The molecule has 0 aromatic heterocycles. The van der Waals surface area contributed by atoms with Crippen molar-refractivity contribution in [1.29, 1.82) is 0 Å². The molecule has 14 heavy (non-hydrogen) atoms. The lowest BCUT2D eigenvalue weighted by Crippen LogP contribution is -2.22. The number of rotatable bonds is 2. The van der Waals surface area contributed by atoms with Crippen LogP contribution in [0, 0.1) is 5.92 Å². The zero-order valence-corrected chi connectivity index (χ0v) is 9.54. The van der Waals surface area contributed by atoms with E-state index in [9.17, 15) is 0 Å². The van der Waals surface area contributed by atoms with Crippen molar-refractivity contribution in [3.05, 3.63) is 0 Å². The molecule has 1 saturated heterocycles. The van der Waals surface area contributed by atoms with Crippen LogP contribution in [-0.2, 0) is 0 Å². The van der Waals surface area contributed by atoms with E-state index in [1.165, 1.54) is 51.6 Å². The van der Waals surface area contributed by atoms with E-state index in [4.69, 9.17) is 5.11 Å². The molecule has 1 rings (SSSR count). The van der Waals surface area contributed by atoms with Gasteiger partial charge in [-0.25, -0.2) is 0 Å². The SMILES string of the molecule is CN1CCCCC(CCO)CCCC1. The Bertz CT molecular complexity index is 126. The van der Waals surface area contributed by atoms with Gasteiger partial charge in [-0.3, -0.25) is 0 Å². The maximum Gasteiger partial charge on any atom is 0.0433 e. The zero-order valence-electron chi connectivity index (χ0n) is 9.54. The Morgan fingerprint density at radius 2 is 1.64 bits per heavy atom. The summed E-state index contributed by atoms with van der Waals surface area (Å²) in [7, 11) is 2.23. The molecule has 1 aliphatic rings. The zero-order chi connectivity index (χ0) is 10.2. The van der Waals surface area contributed by atoms with Crippen molar-refractivity contribution in [2.24, 2.45) is 5.92 Å². The minimum atomic E-state index is 0.380. The van der Waals surface area contributed by atoms with Gasteiger partial charge in [0.25, 0.3) is 0 Å². The molecular formula is C12H25NO. The highest BCUT2D eigenvalue weighted by Crippen LogP contribution is 2.20. The van der Waals surface area contributed by atoms with Crippen LogP contribution >= 0.6 is 0 Å². The van der Waals surface area contributed by atoms with Gasteiger partial charge in [0.2, 0.25) is 0 Å². The predicted octanol–water partition coefficient (Wildman–Crippen LogP) is 2.27. The summed E-state index contributed by atoms with van der Waals surface area (Å²) in [5.41, 5.74) is 0. The molecule has 0 radical (unpaired) electrons.